The van der Waals surface area contributed by atoms with E-state index in [9.17, 15) is 13.2 Å². The first-order chi connectivity index (χ1) is 13.5. The van der Waals surface area contributed by atoms with E-state index < -0.39 is 11.7 Å². The minimum Gasteiger partial charge on any atom is -0.314 e. The zero-order chi connectivity index (χ0) is 19.6. The Morgan fingerprint density at radius 2 is 1.43 bits per heavy atom. The van der Waals surface area contributed by atoms with Gasteiger partial charge in [0.15, 0.2) is 0 Å². The fourth-order valence-electron chi connectivity index (χ4n) is 3.69. The van der Waals surface area contributed by atoms with Crippen molar-refractivity contribution in [2.24, 2.45) is 0 Å². The summed E-state index contributed by atoms with van der Waals surface area (Å²) in [5.74, 6) is 0. The van der Waals surface area contributed by atoms with Crippen molar-refractivity contribution in [1.29, 1.82) is 0 Å². The molecule has 6 heteroatoms. The van der Waals surface area contributed by atoms with Crippen molar-refractivity contribution in [1.82, 2.24) is 10.2 Å². The zero-order valence-electron chi connectivity index (χ0n) is 15.2. The summed E-state index contributed by atoms with van der Waals surface area (Å²) in [4.78, 5) is 2.48. The molecule has 1 aliphatic rings. The van der Waals surface area contributed by atoms with Crippen LogP contribution in [0.1, 0.15) is 22.7 Å². The Hall–Kier alpha value is -2.15. The summed E-state index contributed by atoms with van der Waals surface area (Å²) in [6, 6.07) is 15.9. The van der Waals surface area contributed by atoms with E-state index in [2.05, 4.69) is 39.2 Å². The van der Waals surface area contributed by atoms with Crippen LogP contribution in [0, 0.1) is 0 Å². The van der Waals surface area contributed by atoms with Gasteiger partial charge in [0, 0.05) is 26.2 Å². The summed E-state index contributed by atoms with van der Waals surface area (Å²) in [5, 5.41) is 7.68. The zero-order valence-corrected chi connectivity index (χ0v) is 16.1. The predicted molar refractivity (Wildman–Crippen MR) is 107 cm³/mol. The van der Waals surface area contributed by atoms with Crippen LogP contribution in [-0.4, -0.2) is 31.1 Å². The van der Waals surface area contributed by atoms with Crippen LogP contribution in [0.25, 0.3) is 11.1 Å². The maximum atomic E-state index is 12.8. The van der Waals surface area contributed by atoms with Gasteiger partial charge in [0.05, 0.1) is 11.6 Å². The number of hydrogen-bond acceptors (Lipinski definition) is 3. The van der Waals surface area contributed by atoms with Crippen molar-refractivity contribution in [2.45, 2.75) is 12.2 Å². The molecule has 0 bridgehead atoms. The van der Waals surface area contributed by atoms with Crippen molar-refractivity contribution in [2.75, 3.05) is 26.2 Å². The second-order valence-corrected chi connectivity index (χ2v) is 7.72. The molecule has 2 aromatic carbocycles. The van der Waals surface area contributed by atoms with Crippen LogP contribution in [0.4, 0.5) is 13.2 Å². The van der Waals surface area contributed by atoms with Gasteiger partial charge >= 0.3 is 6.18 Å². The molecule has 2 nitrogen and oxygen atoms in total. The van der Waals surface area contributed by atoms with E-state index in [4.69, 9.17) is 0 Å². The number of halogens is 3. The number of benzene rings is 2. The first-order valence-electron chi connectivity index (χ1n) is 9.27. The molecule has 4 rings (SSSR count). The highest BCUT2D eigenvalue weighted by Crippen LogP contribution is 2.33. The molecule has 1 N–H and O–H groups in total. The van der Waals surface area contributed by atoms with Crippen LogP contribution in [0.15, 0.2) is 65.4 Å². The van der Waals surface area contributed by atoms with Gasteiger partial charge in [-0.1, -0.05) is 36.4 Å². The topological polar surface area (TPSA) is 15.3 Å². The summed E-state index contributed by atoms with van der Waals surface area (Å²) in [5.41, 5.74) is 3.57. The Bertz CT molecular complexity index is 881. The van der Waals surface area contributed by atoms with Crippen molar-refractivity contribution < 1.29 is 13.2 Å². The molecular weight excluding hydrogens is 381 g/mol. The highest BCUT2D eigenvalue weighted by atomic mass is 32.1. The molecule has 1 fully saturated rings. The third-order valence-corrected chi connectivity index (χ3v) is 5.85. The molecule has 1 saturated heterocycles. The third kappa shape index (κ3) is 4.14. The molecule has 0 aliphatic carbocycles. The monoisotopic (exact) mass is 402 g/mol. The maximum absolute atomic E-state index is 12.8. The third-order valence-electron chi connectivity index (χ3n) is 5.15. The van der Waals surface area contributed by atoms with E-state index >= 15 is 0 Å². The molecule has 146 valence electrons. The van der Waals surface area contributed by atoms with Crippen LogP contribution >= 0.6 is 11.3 Å². The summed E-state index contributed by atoms with van der Waals surface area (Å²) >= 11 is 1.70. The van der Waals surface area contributed by atoms with E-state index in [0.29, 0.717) is 0 Å². The Morgan fingerprint density at radius 1 is 0.821 bits per heavy atom. The van der Waals surface area contributed by atoms with Crippen LogP contribution in [-0.2, 0) is 6.18 Å². The van der Waals surface area contributed by atoms with Gasteiger partial charge in [-0.05, 0) is 51.2 Å². The molecular formula is C22H21F3N2S. The average Bonchev–Trinajstić information content (AvgIpc) is 3.23. The SMILES string of the molecule is FC(F)(F)c1ccc(-c2ccc([C@@H](c3ccsc3)N3CCNCC3)cc2)cc1. The van der Waals surface area contributed by atoms with Crippen molar-refractivity contribution in [3.05, 3.63) is 82.0 Å². The standard InChI is InChI=1S/C22H21F3N2S/c23-22(24,25)20-7-5-17(6-8-20)16-1-3-18(4-2-16)21(19-9-14-28-15-19)27-12-10-26-11-13-27/h1-9,14-15,21,26H,10-13H2/t21-/m0/s1. The number of piperazine rings is 1. The van der Waals surface area contributed by atoms with Crippen LogP contribution < -0.4 is 5.32 Å². The van der Waals surface area contributed by atoms with Gasteiger partial charge in [0.1, 0.15) is 0 Å². The van der Waals surface area contributed by atoms with Crippen molar-refractivity contribution in [3.63, 3.8) is 0 Å². The summed E-state index contributed by atoms with van der Waals surface area (Å²) in [7, 11) is 0. The maximum Gasteiger partial charge on any atom is 0.416 e. The van der Waals surface area contributed by atoms with Gasteiger partial charge in [-0.2, -0.15) is 24.5 Å². The second kappa shape index (κ2) is 8.07. The fourth-order valence-corrected chi connectivity index (χ4v) is 4.37. The highest BCUT2D eigenvalue weighted by molar-refractivity contribution is 7.08. The molecule has 3 aromatic rings. The Labute approximate surface area is 166 Å². The number of hydrogen-bond donors (Lipinski definition) is 1. The normalized spacial score (nSPS) is 16.8. The average molecular weight is 402 g/mol. The van der Waals surface area contributed by atoms with Gasteiger partial charge < -0.3 is 5.32 Å². The molecule has 1 atom stereocenters. The van der Waals surface area contributed by atoms with E-state index in [1.165, 1.54) is 23.3 Å². The predicted octanol–water partition coefficient (Wildman–Crippen LogP) is 5.43. The lowest BCUT2D eigenvalue weighted by Gasteiger charge is -2.35. The molecule has 0 radical (unpaired) electrons. The lowest BCUT2D eigenvalue weighted by Crippen LogP contribution is -2.45. The van der Waals surface area contributed by atoms with E-state index in [1.807, 2.05) is 12.1 Å². The van der Waals surface area contributed by atoms with E-state index in [-0.39, 0.29) is 6.04 Å². The van der Waals surface area contributed by atoms with E-state index in [0.717, 1.165) is 49.4 Å². The van der Waals surface area contributed by atoms with Crippen LogP contribution in [0.5, 0.6) is 0 Å². The Kier molecular flexibility index (Phi) is 5.53. The highest BCUT2D eigenvalue weighted by Gasteiger charge is 2.30. The van der Waals surface area contributed by atoms with Crippen molar-refractivity contribution in [3.8, 4) is 11.1 Å². The summed E-state index contributed by atoms with van der Waals surface area (Å²) < 4.78 is 38.3. The molecule has 0 unspecified atom stereocenters. The quantitative estimate of drug-likeness (QED) is 0.626. The lowest BCUT2D eigenvalue weighted by molar-refractivity contribution is -0.137. The van der Waals surface area contributed by atoms with Crippen molar-refractivity contribution >= 4 is 11.3 Å². The first-order valence-corrected chi connectivity index (χ1v) is 10.2. The largest absolute Gasteiger partial charge is 0.416 e. The summed E-state index contributed by atoms with van der Waals surface area (Å²) in [6.45, 7) is 3.93. The van der Waals surface area contributed by atoms with Crippen LogP contribution in [0.2, 0.25) is 0 Å². The molecule has 0 amide bonds. The molecule has 28 heavy (non-hydrogen) atoms. The minimum atomic E-state index is -4.31. The van der Waals surface area contributed by atoms with Gasteiger partial charge in [0.2, 0.25) is 0 Å². The molecule has 0 spiro atoms. The Morgan fingerprint density at radius 3 is 1.96 bits per heavy atom. The Balaban J connectivity index is 1.60. The molecule has 1 aliphatic heterocycles. The van der Waals surface area contributed by atoms with Gasteiger partial charge in [-0.3, -0.25) is 4.90 Å². The number of nitrogens with zero attached hydrogens (tertiary/aromatic N) is 1. The van der Waals surface area contributed by atoms with Gasteiger partial charge in [-0.25, -0.2) is 0 Å². The van der Waals surface area contributed by atoms with E-state index in [1.54, 1.807) is 11.3 Å². The number of thiophene rings is 1. The lowest BCUT2D eigenvalue weighted by atomic mass is 9.96. The second-order valence-electron chi connectivity index (χ2n) is 6.94. The first kappa shape index (κ1) is 19.2. The number of nitrogens with one attached hydrogen (secondary N) is 1. The smallest absolute Gasteiger partial charge is 0.314 e. The van der Waals surface area contributed by atoms with Gasteiger partial charge in [0.25, 0.3) is 0 Å². The number of rotatable bonds is 4. The summed E-state index contributed by atoms with van der Waals surface area (Å²) in [6.07, 6.45) is -4.31. The molecule has 1 aromatic heterocycles. The molecule has 0 saturated carbocycles. The minimum absolute atomic E-state index is 0.204. The van der Waals surface area contributed by atoms with Crippen LogP contribution in [0.3, 0.4) is 0 Å². The fraction of sp³-hybridized carbons (Fsp3) is 0.273. The number of alkyl halides is 3. The van der Waals surface area contributed by atoms with Gasteiger partial charge in [-0.15, -0.1) is 0 Å². The molecule has 2 heterocycles.